The number of carbonyl (C=O) groups excluding carboxylic acids is 2. The van der Waals surface area contributed by atoms with E-state index in [0.717, 1.165) is 17.6 Å². The normalized spacial score (nSPS) is 15.4. The molecule has 27 heavy (non-hydrogen) atoms. The predicted molar refractivity (Wildman–Crippen MR) is 112 cm³/mol. The lowest BCUT2D eigenvalue weighted by atomic mass is 10.2. The number of nitrogens with zero attached hydrogens (tertiary/aromatic N) is 1. The summed E-state index contributed by atoms with van der Waals surface area (Å²) >= 11 is 5.08. The van der Waals surface area contributed by atoms with E-state index < -0.39 is 0 Å². The van der Waals surface area contributed by atoms with Crippen molar-refractivity contribution in [1.29, 1.82) is 0 Å². The Labute approximate surface area is 172 Å². The fraction of sp³-hybridized carbons (Fsp3) is 0.400. The van der Waals surface area contributed by atoms with E-state index in [2.05, 4.69) is 49.0 Å². The smallest absolute Gasteiger partial charge is 0.251 e. The lowest BCUT2D eigenvalue weighted by molar-refractivity contribution is -0.121. The molecule has 5 nitrogen and oxygen atoms in total. The zero-order valence-corrected chi connectivity index (χ0v) is 17.5. The average Bonchev–Trinajstić information content (AvgIpc) is 3.37. The van der Waals surface area contributed by atoms with Crippen LogP contribution in [-0.4, -0.2) is 42.9 Å². The molecule has 1 aromatic heterocycles. The molecule has 0 aliphatic carbocycles. The summed E-state index contributed by atoms with van der Waals surface area (Å²) in [6, 6.07) is 11.6. The Morgan fingerprint density at radius 1 is 1.11 bits per heavy atom. The SMILES string of the molecule is O=C(CCNC(=O)c1ccc(Br)cc1)NCC(c1cccs1)N1CCCC1. The van der Waals surface area contributed by atoms with Crippen LogP contribution >= 0.6 is 27.3 Å². The zero-order valence-electron chi connectivity index (χ0n) is 15.1. The zero-order chi connectivity index (χ0) is 19.1. The predicted octanol–water partition coefficient (Wildman–Crippen LogP) is 3.58. The largest absolute Gasteiger partial charge is 0.354 e. The van der Waals surface area contributed by atoms with Gasteiger partial charge in [0.15, 0.2) is 0 Å². The molecule has 1 aliphatic heterocycles. The molecular weight excluding hydrogens is 426 g/mol. The highest BCUT2D eigenvalue weighted by molar-refractivity contribution is 9.10. The Morgan fingerprint density at radius 2 is 1.85 bits per heavy atom. The maximum absolute atomic E-state index is 12.2. The van der Waals surface area contributed by atoms with Gasteiger partial charge in [0.1, 0.15) is 0 Å². The summed E-state index contributed by atoms with van der Waals surface area (Å²) in [6.07, 6.45) is 2.72. The van der Waals surface area contributed by atoms with Crippen molar-refractivity contribution in [3.8, 4) is 0 Å². The summed E-state index contributed by atoms with van der Waals surface area (Å²) in [7, 11) is 0. The average molecular weight is 450 g/mol. The summed E-state index contributed by atoms with van der Waals surface area (Å²) in [5.41, 5.74) is 0.588. The van der Waals surface area contributed by atoms with E-state index in [1.165, 1.54) is 17.7 Å². The minimum Gasteiger partial charge on any atom is -0.354 e. The summed E-state index contributed by atoms with van der Waals surface area (Å²) in [5.74, 6) is -0.198. The molecule has 0 saturated carbocycles. The molecule has 0 radical (unpaired) electrons. The molecule has 1 unspecified atom stereocenters. The molecule has 3 rings (SSSR count). The second kappa shape index (κ2) is 10.0. The second-order valence-corrected chi connectivity index (χ2v) is 8.49. The molecular formula is C20H24BrN3O2S. The Hall–Kier alpha value is -1.70. The van der Waals surface area contributed by atoms with Gasteiger partial charge in [0.05, 0.1) is 6.04 Å². The van der Waals surface area contributed by atoms with Gasteiger partial charge in [-0.15, -0.1) is 11.3 Å². The Kier molecular flexibility index (Phi) is 7.43. The van der Waals surface area contributed by atoms with Crippen LogP contribution in [0.3, 0.4) is 0 Å². The van der Waals surface area contributed by atoms with Crippen LogP contribution in [0, 0.1) is 0 Å². The van der Waals surface area contributed by atoms with Crippen LogP contribution in [0.4, 0.5) is 0 Å². The Balaban J connectivity index is 1.43. The number of thiophene rings is 1. The van der Waals surface area contributed by atoms with Gasteiger partial charge < -0.3 is 10.6 Å². The Bertz CT molecular complexity index is 743. The van der Waals surface area contributed by atoms with Crippen LogP contribution < -0.4 is 10.6 Å². The fourth-order valence-electron chi connectivity index (χ4n) is 3.24. The molecule has 2 aromatic rings. The number of halogens is 1. The molecule has 1 aliphatic rings. The van der Waals surface area contributed by atoms with E-state index in [1.807, 2.05) is 12.1 Å². The van der Waals surface area contributed by atoms with Gasteiger partial charge in [-0.1, -0.05) is 22.0 Å². The number of hydrogen-bond acceptors (Lipinski definition) is 4. The van der Waals surface area contributed by atoms with Gasteiger partial charge in [-0.25, -0.2) is 0 Å². The molecule has 0 spiro atoms. The first-order valence-electron chi connectivity index (χ1n) is 9.21. The molecule has 0 bridgehead atoms. The highest BCUT2D eigenvalue weighted by Gasteiger charge is 2.24. The maximum atomic E-state index is 12.2. The van der Waals surface area contributed by atoms with E-state index in [-0.39, 0.29) is 24.3 Å². The van der Waals surface area contributed by atoms with Crippen LogP contribution in [0.25, 0.3) is 0 Å². The lowest BCUT2D eigenvalue weighted by Crippen LogP contribution is -2.37. The molecule has 1 atom stereocenters. The van der Waals surface area contributed by atoms with E-state index >= 15 is 0 Å². The number of carbonyl (C=O) groups is 2. The van der Waals surface area contributed by atoms with E-state index in [1.54, 1.807) is 23.5 Å². The maximum Gasteiger partial charge on any atom is 0.251 e. The summed E-state index contributed by atoms with van der Waals surface area (Å²) < 4.78 is 0.928. The van der Waals surface area contributed by atoms with Crippen molar-refractivity contribution in [2.45, 2.75) is 25.3 Å². The first-order chi connectivity index (χ1) is 13.1. The standard InChI is InChI=1S/C20H24BrN3O2S/c21-16-7-5-15(6-8-16)20(26)22-10-9-19(25)23-14-17(18-4-3-13-27-18)24-11-1-2-12-24/h3-8,13,17H,1-2,9-12,14H2,(H,22,26)(H,23,25). The number of likely N-dealkylation sites (tertiary alicyclic amines) is 1. The highest BCUT2D eigenvalue weighted by atomic mass is 79.9. The van der Waals surface area contributed by atoms with Crippen LogP contribution in [0.15, 0.2) is 46.3 Å². The fourth-order valence-corrected chi connectivity index (χ4v) is 4.36. The Morgan fingerprint density at radius 3 is 2.52 bits per heavy atom. The van der Waals surface area contributed by atoms with Crippen molar-refractivity contribution in [2.75, 3.05) is 26.2 Å². The lowest BCUT2D eigenvalue weighted by Gasteiger charge is -2.26. The van der Waals surface area contributed by atoms with Gasteiger partial charge in [-0.2, -0.15) is 0 Å². The van der Waals surface area contributed by atoms with Crippen LogP contribution in [-0.2, 0) is 4.79 Å². The topological polar surface area (TPSA) is 61.4 Å². The van der Waals surface area contributed by atoms with Crippen LogP contribution in [0.5, 0.6) is 0 Å². The molecule has 1 saturated heterocycles. The molecule has 1 aromatic carbocycles. The minimum absolute atomic E-state index is 0.0353. The third-order valence-corrected chi connectivity index (χ3v) is 6.19. The van der Waals surface area contributed by atoms with E-state index in [0.29, 0.717) is 18.7 Å². The molecule has 2 N–H and O–H groups in total. The van der Waals surface area contributed by atoms with Crippen molar-refractivity contribution in [1.82, 2.24) is 15.5 Å². The van der Waals surface area contributed by atoms with Gasteiger partial charge in [-0.05, 0) is 61.6 Å². The van der Waals surface area contributed by atoms with Gasteiger partial charge in [0.2, 0.25) is 5.91 Å². The first-order valence-corrected chi connectivity index (χ1v) is 10.9. The molecule has 144 valence electrons. The quantitative estimate of drug-likeness (QED) is 0.647. The number of rotatable bonds is 8. The second-order valence-electron chi connectivity index (χ2n) is 6.59. The van der Waals surface area contributed by atoms with Crippen molar-refractivity contribution < 1.29 is 9.59 Å². The van der Waals surface area contributed by atoms with Crippen molar-refractivity contribution >= 4 is 39.1 Å². The first kappa shape index (κ1) is 20.0. The summed E-state index contributed by atoms with van der Waals surface area (Å²) in [5, 5.41) is 7.91. The molecule has 2 amide bonds. The van der Waals surface area contributed by atoms with E-state index in [9.17, 15) is 9.59 Å². The van der Waals surface area contributed by atoms with Gasteiger partial charge in [0, 0.05) is 34.4 Å². The third-order valence-electron chi connectivity index (χ3n) is 4.69. The third kappa shape index (κ3) is 5.89. The monoisotopic (exact) mass is 449 g/mol. The highest BCUT2D eigenvalue weighted by Crippen LogP contribution is 2.27. The summed E-state index contributed by atoms with van der Waals surface area (Å²) in [4.78, 5) is 28.0. The van der Waals surface area contributed by atoms with Gasteiger partial charge in [0.25, 0.3) is 5.91 Å². The number of benzene rings is 1. The number of nitrogens with one attached hydrogen (secondary N) is 2. The van der Waals surface area contributed by atoms with Crippen molar-refractivity contribution in [3.63, 3.8) is 0 Å². The summed E-state index contributed by atoms with van der Waals surface area (Å²) in [6.45, 7) is 3.11. The number of amides is 2. The minimum atomic E-state index is -0.163. The van der Waals surface area contributed by atoms with E-state index in [4.69, 9.17) is 0 Å². The van der Waals surface area contributed by atoms with Crippen LogP contribution in [0.1, 0.15) is 40.5 Å². The van der Waals surface area contributed by atoms with Crippen molar-refractivity contribution in [3.05, 3.63) is 56.7 Å². The molecule has 2 heterocycles. The van der Waals surface area contributed by atoms with Gasteiger partial charge in [-0.3, -0.25) is 14.5 Å². The van der Waals surface area contributed by atoms with Crippen molar-refractivity contribution in [2.24, 2.45) is 0 Å². The molecule has 1 fully saturated rings. The van der Waals surface area contributed by atoms with Crippen LogP contribution in [0.2, 0.25) is 0 Å². The molecule has 7 heteroatoms. The number of hydrogen-bond donors (Lipinski definition) is 2. The van der Waals surface area contributed by atoms with Gasteiger partial charge >= 0.3 is 0 Å².